The number of aryl methyl sites for hydroxylation is 1. The Bertz CT molecular complexity index is 963. The summed E-state index contributed by atoms with van der Waals surface area (Å²) >= 11 is 0. The van der Waals surface area contributed by atoms with Gasteiger partial charge in [-0.1, -0.05) is 6.07 Å². The number of aromatic nitrogens is 2. The third kappa shape index (κ3) is 4.27. The third-order valence-electron chi connectivity index (χ3n) is 3.84. The molecular formula is C16H18N4O5S. The Morgan fingerprint density at radius 1 is 1.31 bits per heavy atom. The molecule has 26 heavy (non-hydrogen) atoms. The van der Waals surface area contributed by atoms with E-state index in [1.807, 2.05) is 0 Å². The van der Waals surface area contributed by atoms with E-state index in [9.17, 15) is 18.0 Å². The molecule has 0 spiro atoms. The van der Waals surface area contributed by atoms with Crippen LogP contribution in [0.4, 0.5) is 5.82 Å². The fourth-order valence-corrected chi connectivity index (χ4v) is 3.67. The van der Waals surface area contributed by atoms with Crippen molar-refractivity contribution in [2.45, 2.75) is 37.2 Å². The van der Waals surface area contributed by atoms with Crippen LogP contribution >= 0.6 is 0 Å². The van der Waals surface area contributed by atoms with Gasteiger partial charge in [-0.3, -0.25) is 14.3 Å². The predicted octanol–water partition coefficient (Wildman–Crippen LogP) is 0.969. The number of carbonyl (C=O) groups excluding carboxylic acids is 1. The number of carboxylic acids is 1. The van der Waals surface area contributed by atoms with Gasteiger partial charge in [0.2, 0.25) is 10.0 Å². The average Bonchev–Trinajstić information content (AvgIpc) is 3.24. The molecule has 1 fully saturated rings. The van der Waals surface area contributed by atoms with Crippen LogP contribution in [0.1, 0.15) is 28.8 Å². The molecule has 0 unspecified atom stereocenters. The van der Waals surface area contributed by atoms with Crippen molar-refractivity contribution >= 4 is 27.7 Å². The van der Waals surface area contributed by atoms with Crippen molar-refractivity contribution in [3.05, 3.63) is 41.6 Å². The van der Waals surface area contributed by atoms with Crippen molar-refractivity contribution in [2.24, 2.45) is 0 Å². The molecule has 1 aliphatic carbocycles. The Morgan fingerprint density at radius 3 is 2.69 bits per heavy atom. The molecule has 3 rings (SSSR count). The summed E-state index contributed by atoms with van der Waals surface area (Å²) in [5.41, 5.74) is 0.814. The number of rotatable bonds is 7. The standard InChI is InChI=1S/C16H18N4O5S/c1-10-2-5-12(26(24,25)19-11-3-4-11)8-13(10)16(23)17-14-6-7-20(18-14)9-15(21)22/h2,5-8,11,19H,3-4,9H2,1H3,(H,21,22)(H,17,18,23). The van der Waals surface area contributed by atoms with Crippen LogP contribution < -0.4 is 10.0 Å². The summed E-state index contributed by atoms with van der Waals surface area (Å²) in [6.07, 6.45) is 3.06. The number of sulfonamides is 1. The fraction of sp³-hybridized carbons (Fsp3) is 0.312. The Balaban J connectivity index is 1.79. The molecule has 0 aliphatic heterocycles. The number of nitrogens with one attached hydrogen (secondary N) is 2. The lowest BCUT2D eigenvalue weighted by Gasteiger charge is -2.10. The van der Waals surface area contributed by atoms with Crippen molar-refractivity contribution in [1.82, 2.24) is 14.5 Å². The molecule has 0 bridgehead atoms. The van der Waals surface area contributed by atoms with E-state index in [1.54, 1.807) is 13.0 Å². The number of nitrogens with zero attached hydrogens (tertiary/aromatic N) is 2. The Kier molecular flexibility index (Phi) is 4.79. The minimum Gasteiger partial charge on any atom is -0.480 e. The van der Waals surface area contributed by atoms with Gasteiger partial charge in [0.05, 0.1) is 4.90 Å². The average molecular weight is 378 g/mol. The minimum absolute atomic E-state index is 0.0246. The van der Waals surface area contributed by atoms with E-state index in [0.717, 1.165) is 12.8 Å². The van der Waals surface area contributed by atoms with Crippen LogP contribution in [0.5, 0.6) is 0 Å². The molecule has 1 aromatic carbocycles. The first-order valence-corrected chi connectivity index (χ1v) is 9.42. The first-order chi connectivity index (χ1) is 12.2. The highest BCUT2D eigenvalue weighted by Gasteiger charge is 2.28. The quantitative estimate of drug-likeness (QED) is 0.658. The van der Waals surface area contributed by atoms with Crippen LogP contribution in [0.25, 0.3) is 0 Å². The summed E-state index contributed by atoms with van der Waals surface area (Å²) < 4.78 is 28.4. The van der Waals surface area contributed by atoms with E-state index in [-0.39, 0.29) is 28.9 Å². The lowest BCUT2D eigenvalue weighted by molar-refractivity contribution is -0.137. The second-order valence-electron chi connectivity index (χ2n) is 6.12. The minimum atomic E-state index is -3.67. The number of carboxylic acid groups (broad SMARTS) is 1. The number of benzene rings is 1. The monoisotopic (exact) mass is 378 g/mol. The largest absolute Gasteiger partial charge is 0.480 e. The molecule has 9 nitrogen and oxygen atoms in total. The normalized spacial score (nSPS) is 14.2. The second kappa shape index (κ2) is 6.89. The molecule has 2 aromatic rings. The Hall–Kier alpha value is -2.72. The molecule has 1 amide bonds. The summed E-state index contributed by atoms with van der Waals surface area (Å²) in [5.74, 6) is -1.39. The van der Waals surface area contributed by atoms with Crippen LogP contribution in [0, 0.1) is 6.92 Å². The predicted molar refractivity (Wildman–Crippen MR) is 92.3 cm³/mol. The number of anilines is 1. The molecule has 138 valence electrons. The lowest BCUT2D eigenvalue weighted by atomic mass is 10.1. The molecule has 0 radical (unpaired) electrons. The van der Waals surface area contributed by atoms with Crippen molar-refractivity contribution < 1.29 is 23.1 Å². The molecule has 3 N–H and O–H groups in total. The van der Waals surface area contributed by atoms with Crippen molar-refractivity contribution in [3.8, 4) is 0 Å². The van der Waals surface area contributed by atoms with E-state index < -0.39 is 21.9 Å². The number of hydrogen-bond acceptors (Lipinski definition) is 5. The van der Waals surface area contributed by atoms with Crippen LogP contribution in [0.15, 0.2) is 35.4 Å². The molecule has 10 heteroatoms. The van der Waals surface area contributed by atoms with Crippen LogP contribution in [-0.2, 0) is 21.4 Å². The van der Waals surface area contributed by atoms with E-state index in [0.29, 0.717) is 5.56 Å². The maximum Gasteiger partial charge on any atom is 0.325 e. The zero-order valence-electron chi connectivity index (χ0n) is 14.0. The zero-order chi connectivity index (χ0) is 18.9. The highest BCUT2D eigenvalue weighted by molar-refractivity contribution is 7.89. The smallest absolute Gasteiger partial charge is 0.325 e. The Morgan fingerprint density at radius 2 is 2.04 bits per heavy atom. The maximum absolute atomic E-state index is 12.5. The van der Waals surface area contributed by atoms with Gasteiger partial charge in [0, 0.05) is 23.9 Å². The third-order valence-corrected chi connectivity index (χ3v) is 5.36. The van der Waals surface area contributed by atoms with Gasteiger partial charge in [-0.15, -0.1) is 0 Å². The second-order valence-corrected chi connectivity index (χ2v) is 7.83. The van der Waals surface area contributed by atoms with Gasteiger partial charge in [0.15, 0.2) is 5.82 Å². The van der Waals surface area contributed by atoms with Gasteiger partial charge in [-0.2, -0.15) is 5.10 Å². The molecule has 1 aromatic heterocycles. The van der Waals surface area contributed by atoms with Crippen molar-refractivity contribution in [2.75, 3.05) is 5.32 Å². The van der Waals surface area contributed by atoms with Crippen molar-refractivity contribution in [1.29, 1.82) is 0 Å². The number of aliphatic carboxylic acids is 1. The summed E-state index contributed by atoms with van der Waals surface area (Å²) in [4.78, 5) is 23.2. The molecule has 1 heterocycles. The first-order valence-electron chi connectivity index (χ1n) is 7.94. The van der Waals surface area contributed by atoms with Gasteiger partial charge in [0.1, 0.15) is 6.54 Å². The number of hydrogen-bond donors (Lipinski definition) is 3. The zero-order valence-corrected chi connectivity index (χ0v) is 14.8. The highest BCUT2D eigenvalue weighted by atomic mass is 32.2. The van der Waals surface area contributed by atoms with E-state index in [4.69, 9.17) is 5.11 Å². The molecule has 1 saturated carbocycles. The number of carbonyl (C=O) groups is 2. The molecule has 0 atom stereocenters. The van der Waals surface area contributed by atoms with Gasteiger partial charge in [-0.05, 0) is 37.5 Å². The SMILES string of the molecule is Cc1ccc(S(=O)(=O)NC2CC2)cc1C(=O)Nc1ccn(CC(=O)O)n1. The van der Waals surface area contributed by atoms with E-state index in [1.165, 1.54) is 29.1 Å². The number of amides is 1. The van der Waals surface area contributed by atoms with Crippen LogP contribution in [-0.4, -0.2) is 41.2 Å². The van der Waals surface area contributed by atoms with Crippen molar-refractivity contribution in [3.63, 3.8) is 0 Å². The first kappa shape index (κ1) is 18.1. The van der Waals surface area contributed by atoms with E-state index >= 15 is 0 Å². The summed E-state index contributed by atoms with van der Waals surface area (Å²) in [6, 6.07) is 5.78. The van der Waals surface area contributed by atoms with Gasteiger partial charge < -0.3 is 10.4 Å². The summed E-state index contributed by atoms with van der Waals surface area (Å²) in [7, 11) is -3.67. The van der Waals surface area contributed by atoms with E-state index in [2.05, 4.69) is 15.1 Å². The van der Waals surface area contributed by atoms with Gasteiger partial charge in [0.25, 0.3) is 5.91 Å². The summed E-state index contributed by atoms with van der Waals surface area (Å²) in [5, 5.41) is 15.2. The Labute approximate surface area is 150 Å². The molecular weight excluding hydrogens is 360 g/mol. The molecule has 1 aliphatic rings. The fourth-order valence-electron chi connectivity index (χ4n) is 2.34. The van der Waals surface area contributed by atoms with Crippen LogP contribution in [0.2, 0.25) is 0 Å². The maximum atomic E-state index is 12.5. The summed E-state index contributed by atoms with van der Waals surface area (Å²) in [6.45, 7) is 1.37. The van der Waals surface area contributed by atoms with Gasteiger partial charge >= 0.3 is 5.97 Å². The van der Waals surface area contributed by atoms with Crippen LogP contribution in [0.3, 0.4) is 0 Å². The lowest BCUT2D eigenvalue weighted by Crippen LogP contribution is -2.26. The topological polar surface area (TPSA) is 130 Å². The van der Waals surface area contributed by atoms with Gasteiger partial charge in [-0.25, -0.2) is 13.1 Å². The molecule has 0 saturated heterocycles. The highest BCUT2D eigenvalue weighted by Crippen LogP contribution is 2.23.